The van der Waals surface area contributed by atoms with Crippen molar-refractivity contribution in [2.24, 2.45) is 17.3 Å². The molecule has 0 aromatic rings. The van der Waals surface area contributed by atoms with E-state index in [1.807, 2.05) is 6.92 Å². The lowest BCUT2D eigenvalue weighted by Gasteiger charge is -2.44. The van der Waals surface area contributed by atoms with E-state index in [0.29, 0.717) is 19.1 Å². The van der Waals surface area contributed by atoms with Crippen LogP contribution in [-0.4, -0.2) is 50.2 Å². The highest BCUT2D eigenvalue weighted by atomic mass is 16.5. The van der Waals surface area contributed by atoms with Crippen LogP contribution in [0.1, 0.15) is 19.8 Å². The Balaban J connectivity index is 1.52. The standard InChI is InChI=1S/C13H22N2O2/c1-13(8-17-9-13)12(16)15-4-2-10(3-5-15)11-6-14-7-11/h10-11,14H,2-9H2,1H3. The second kappa shape index (κ2) is 4.25. The number of piperidine rings is 1. The first-order valence-corrected chi connectivity index (χ1v) is 6.77. The number of nitrogens with zero attached hydrogens (tertiary/aromatic N) is 1. The zero-order valence-electron chi connectivity index (χ0n) is 10.6. The van der Waals surface area contributed by atoms with E-state index < -0.39 is 0 Å². The summed E-state index contributed by atoms with van der Waals surface area (Å²) in [5, 5.41) is 3.34. The van der Waals surface area contributed by atoms with Crippen LogP contribution < -0.4 is 5.32 Å². The molecule has 0 radical (unpaired) electrons. The molecule has 0 aromatic carbocycles. The van der Waals surface area contributed by atoms with Gasteiger partial charge in [-0.15, -0.1) is 0 Å². The Bertz CT molecular complexity index is 303. The van der Waals surface area contributed by atoms with Gasteiger partial charge in [0.25, 0.3) is 0 Å². The summed E-state index contributed by atoms with van der Waals surface area (Å²) in [4.78, 5) is 14.4. The largest absolute Gasteiger partial charge is 0.379 e. The Labute approximate surface area is 103 Å². The summed E-state index contributed by atoms with van der Waals surface area (Å²) in [6.07, 6.45) is 2.38. The van der Waals surface area contributed by atoms with Gasteiger partial charge in [-0.25, -0.2) is 0 Å². The fourth-order valence-corrected chi connectivity index (χ4v) is 3.13. The Morgan fingerprint density at radius 1 is 1.24 bits per heavy atom. The summed E-state index contributed by atoms with van der Waals surface area (Å²) >= 11 is 0. The van der Waals surface area contributed by atoms with Crippen LogP contribution in [0.5, 0.6) is 0 Å². The van der Waals surface area contributed by atoms with Gasteiger partial charge in [-0.05, 0) is 44.7 Å². The summed E-state index contributed by atoms with van der Waals surface area (Å²) < 4.78 is 5.18. The van der Waals surface area contributed by atoms with Gasteiger partial charge in [0, 0.05) is 13.1 Å². The molecule has 1 amide bonds. The first-order chi connectivity index (χ1) is 8.19. The zero-order valence-corrected chi connectivity index (χ0v) is 10.6. The predicted octanol–water partition coefficient (Wildman–Crippen LogP) is 0.481. The molecule has 0 spiro atoms. The van der Waals surface area contributed by atoms with Crippen molar-refractivity contribution in [2.45, 2.75) is 19.8 Å². The molecule has 0 saturated carbocycles. The third-order valence-electron chi connectivity index (χ3n) is 4.66. The van der Waals surface area contributed by atoms with Crippen molar-refractivity contribution in [3.8, 4) is 0 Å². The van der Waals surface area contributed by atoms with E-state index in [0.717, 1.165) is 24.9 Å². The number of amides is 1. The lowest BCUT2D eigenvalue weighted by molar-refractivity contribution is -0.170. The highest BCUT2D eigenvalue weighted by Gasteiger charge is 2.44. The molecule has 3 saturated heterocycles. The molecule has 0 aromatic heterocycles. The minimum Gasteiger partial charge on any atom is -0.379 e. The third kappa shape index (κ3) is 1.97. The Kier molecular flexibility index (Phi) is 2.87. The van der Waals surface area contributed by atoms with Gasteiger partial charge < -0.3 is 15.0 Å². The molecule has 96 valence electrons. The van der Waals surface area contributed by atoms with Crippen LogP contribution in [0.25, 0.3) is 0 Å². The Morgan fingerprint density at radius 3 is 2.29 bits per heavy atom. The topological polar surface area (TPSA) is 41.6 Å². The number of rotatable bonds is 2. The molecule has 0 atom stereocenters. The van der Waals surface area contributed by atoms with E-state index in [1.54, 1.807) is 0 Å². The first kappa shape index (κ1) is 11.5. The van der Waals surface area contributed by atoms with Crippen LogP contribution >= 0.6 is 0 Å². The minimum absolute atomic E-state index is 0.217. The fourth-order valence-electron chi connectivity index (χ4n) is 3.13. The quantitative estimate of drug-likeness (QED) is 0.761. The van der Waals surface area contributed by atoms with Crippen LogP contribution in [0.15, 0.2) is 0 Å². The van der Waals surface area contributed by atoms with E-state index in [-0.39, 0.29) is 5.41 Å². The van der Waals surface area contributed by atoms with Crippen LogP contribution in [0, 0.1) is 17.3 Å². The van der Waals surface area contributed by atoms with E-state index in [9.17, 15) is 4.79 Å². The van der Waals surface area contributed by atoms with Gasteiger partial charge in [-0.3, -0.25) is 4.79 Å². The van der Waals surface area contributed by atoms with Crippen molar-refractivity contribution in [2.75, 3.05) is 39.4 Å². The lowest BCUT2D eigenvalue weighted by Crippen LogP contribution is -2.56. The number of carbonyl (C=O) groups excluding carboxylic acids is 1. The molecule has 0 unspecified atom stereocenters. The van der Waals surface area contributed by atoms with Gasteiger partial charge in [0.05, 0.1) is 18.6 Å². The summed E-state index contributed by atoms with van der Waals surface area (Å²) in [7, 11) is 0. The molecule has 0 bridgehead atoms. The zero-order chi connectivity index (χ0) is 11.9. The summed E-state index contributed by atoms with van der Waals surface area (Å²) in [5.41, 5.74) is -0.217. The molecule has 3 rings (SSSR count). The van der Waals surface area contributed by atoms with Crippen molar-refractivity contribution in [1.82, 2.24) is 10.2 Å². The monoisotopic (exact) mass is 238 g/mol. The van der Waals surface area contributed by atoms with Crippen LogP contribution in [-0.2, 0) is 9.53 Å². The smallest absolute Gasteiger partial charge is 0.233 e. The van der Waals surface area contributed by atoms with Crippen LogP contribution in [0.2, 0.25) is 0 Å². The van der Waals surface area contributed by atoms with Crippen molar-refractivity contribution >= 4 is 5.91 Å². The number of nitrogens with one attached hydrogen (secondary N) is 1. The predicted molar refractivity (Wildman–Crippen MR) is 64.6 cm³/mol. The molecule has 4 heteroatoms. The molecule has 3 heterocycles. The molecule has 4 nitrogen and oxygen atoms in total. The van der Waals surface area contributed by atoms with Gasteiger partial charge in [-0.1, -0.05) is 0 Å². The van der Waals surface area contributed by atoms with Gasteiger partial charge >= 0.3 is 0 Å². The number of likely N-dealkylation sites (tertiary alicyclic amines) is 1. The van der Waals surface area contributed by atoms with Crippen molar-refractivity contribution in [3.63, 3.8) is 0 Å². The summed E-state index contributed by atoms with van der Waals surface area (Å²) in [6, 6.07) is 0. The van der Waals surface area contributed by atoms with Gasteiger partial charge in [0.15, 0.2) is 0 Å². The summed E-state index contributed by atoms with van der Waals surface area (Å²) in [6.45, 7) is 7.52. The number of ether oxygens (including phenoxy) is 1. The molecule has 17 heavy (non-hydrogen) atoms. The van der Waals surface area contributed by atoms with Crippen LogP contribution in [0.3, 0.4) is 0 Å². The highest BCUT2D eigenvalue weighted by Crippen LogP contribution is 2.33. The maximum Gasteiger partial charge on any atom is 0.233 e. The van der Waals surface area contributed by atoms with Crippen molar-refractivity contribution < 1.29 is 9.53 Å². The second-order valence-corrected chi connectivity index (χ2v) is 6.10. The highest BCUT2D eigenvalue weighted by molar-refractivity contribution is 5.83. The summed E-state index contributed by atoms with van der Waals surface area (Å²) in [5.74, 6) is 2.02. The van der Waals surface area contributed by atoms with Crippen molar-refractivity contribution in [1.29, 1.82) is 0 Å². The number of hydrogen-bond acceptors (Lipinski definition) is 3. The number of hydrogen-bond donors (Lipinski definition) is 1. The van der Waals surface area contributed by atoms with Gasteiger partial charge in [0.1, 0.15) is 0 Å². The van der Waals surface area contributed by atoms with Crippen LogP contribution in [0.4, 0.5) is 0 Å². The Morgan fingerprint density at radius 2 is 1.88 bits per heavy atom. The molecule has 1 N–H and O–H groups in total. The lowest BCUT2D eigenvalue weighted by atomic mass is 9.79. The van der Waals surface area contributed by atoms with Gasteiger partial charge in [0.2, 0.25) is 5.91 Å². The maximum absolute atomic E-state index is 12.3. The second-order valence-electron chi connectivity index (χ2n) is 6.10. The molecule has 3 aliphatic heterocycles. The molecular formula is C13H22N2O2. The van der Waals surface area contributed by atoms with E-state index in [1.165, 1.54) is 25.9 Å². The van der Waals surface area contributed by atoms with E-state index in [2.05, 4.69) is 10.2 Å². The molecule has 0 aliphatic carbocycles. The molecule has 3 aliphatic rings. The van der Waals surface area contributed by atoms with E-state index in [4.69, 9.17) is 4.74 Å². The molecule has 3 fully saturated rings. The van der Waals surface area contributed by atoms with Crippen molar-refractivity contribution in [3.05, 3.63) is 0 Å². The first-order valence-electron chi connectivity index (χ1n) is 6.77. The third-order valence-corrected chi connectivity index (χ3v) is 4.66. The maximum atomic E-state index is 12.3. The van der Waals surface area contributed by atoms with Gasteiger partial charge in [-0.2, -0.15) is 0 Å². The minimum atomic E-state index is -0.217. The molecular weight excluding hydrogens is 216 g/mol. The number of carbonyl (C=O) groups is 1. The fraction of sp³-hybridized carbons (Fsp3) is 0.923. The Hall–Kier alpha value is -0.610. The normalized spacial score (nSPS) is 29.6. The average molecular weight is 238 g/mol. The van der Waals surface area contributed by atoms with E-state index >= 15 is 0 Å². The SMILES string of the molecule is CC1(C(=O)N2CCC(C3CNC3)CC2)COC1. The average Bonchev–Trinajstić information content (AvgIpc) is 2.24.